The molecule has 1 aromatic heterocycles. The Bertz CT molecular complexity index is 773. The van der Waals surface area contributed by atoms with Crippen molar-refractivity contribution in [3.63, 3.8) is 0 Å². The Hall–Kier alpha value is -2.88. The first-order valence-corrected chi connectivity index (χ1v) is 6.98. The quantitative estimate of drug-likeness (QED) is 0.548. The van der Waals surface area contributed by atoms with E-state index >= 15 is 0 Å². The zero-order valence-corrected chi connectivity index (χ0v) is 13.3. The van der Waals surface area contributed by atoms with Crippen LogP contribution in [-0.2, 0) is 0 Å². The Balaban J connectivity index is 2.07. The third-order valence-corrected chi connectivity index (χ3v) is 3.28. The summed E-state index contributed by atoms with van der Waals surface area (Å²) in [5.74, 6) is -1.23. The molecule has 0 bridgehead atoms. The highest BCUT2D eigenvalue weighted by molar-refractivity contribution is 9.10. The lowest BCUT2D eigenvalue weighted by atomic mass is 10.2. The van der Waals surface area contributed by atoms with Crippen LogP contribution in [0.15, 0.2) is 34.9 Å². The predicted octanol–water partition coefficient (Wildman–Crippen LogP) is 1.77. The smallest absolute Gasteiger partial charge is 0.311 e. The van der Waals surface area contributed by atoms with Gasteiger partial charge >= 0.3 is 5.69 Å². The van der Waals surface area contributed by atoms with Crippen molar-refractivity contribution in [2.45, 2.75) is 0 Å². The van der Waals surface area contributed by atoms with Crippen molar-refractivity contribution < 1.29 is 19.2 Å². The fourth-order valence-electron chi connectivity index (χ4n) is 1.73. The highest BCUT2D eigenvalue weighted by Crippen LogP contribution is 2.27. The van der Waals surface area contributed by atoms with Gasteiger partial charge in [-0.25, -0.2) is 0 Å². The topological polar surface area (TPSA) is 126 Å². The van der Waals surface area contributed by atoms with Crippen LogP contribution >= 0.6 is 15.9 Å². The number of halogens is 1. The van der Waals surface area contributed by atoms with Crippen LogP contribution < -0.4 is 15.6 Å². The van der Waals surface area contributed by atoms with Crippen LogP contribution in [0.3, 0.4) is 0 Å². The summed E-state index contributed by atoms with van der Waals surface area (Å²) in [5, 5.41) is 10.9. The van der Waals surface area contributed by atoms with Gasteiger partial charge in [0.1, 0.15) is 5.69 Å². The van der Waals surface area contributed by atoms with E-state index in [0.717, 1.165) is 6.07 Å². The molecule has 0 saturated carbocycles. The van der Waals surface area contributed by atoms with Gasteiger partial charge in [-0.1, -0.05) is 0 Å². The molecule has 2 amide bonds. The minimum Gasteiger partial charge on any atom is -0.490 e. The molecule has 2 rings (SSSR count). The van der Waals surface area contributed by atoms with E-state index in [0.29, 0.717) is 4.47 Å². The fraction of sp³-hybridized carbons (Fsp3) is 0.0769. The normalized spacial score (nSPS) is 10.0. The average molecular weight is 383 g/mol. The van der Waals surface area contributed by atoms with Gasteiger partial charge in [-0.15, -0.1) is 0 Å². The van der Waals surface area contributed by atoms with E-state index in [1.54, 1.807) is 6.20 Å². The second-order valence-corrected chi connectivity index (χ2v) is 5.20. The molecule has 0 aliphatic heterocycles. The standard InChI is InChI=1S/C13H11BrN4O5/c1-23-11-3-2-7(4-10(11)18(21)22)12(19)16-17-13(20)9-5-8(14)6-15-9/h2-6,15H,1H3,(H,16,19)(H,17,20). The minimum atomic E-state index is -0.699. The number of hydrazine groups is 1. The van der Waals surface area contributed by atoms with E-state index in [2.05, 4.69) is 31.8 Å². The third-order valence-electron chi connectivity index (χ3n) is 2.82. The van der Waals surface area contributed by atoms with Crippen LogP contribution in [-0.4, -0.2) is 28.8 Å². The maximum absolute atomic E-state index is 12.0. The van der Waals surface area contributed by atoms with Gasteiger partial charge in [0, 0.05) is 22.3 Å². The molecule has 0 aliphatic carbocycles. The van der Waals surface area contributed by atoms with Gasteiger partial charge in [0.2, 0.25) is 0 Å². The number of amides is 2. The predicted molar refractivity (Wildman–Crippen MR) is 83.1 cm³/mol. The average Bonchev–Trinajstić information content (AvgIpc) is 2.98. The lowest BCUT2D eigenvalue weighted by molar-refractivity contribution is -0.385. The summed E-state index contributed by atoms with van der Waals surface area (Å²) in [6.07, 6.45) is 1.56. The van der Waals surface area contributed by atoms with E-state index in [-0.39, 0.29) is 22.7 Å². The van der Waals surface area contributed by atoms with Crippen LogP contribution in [0.2, 0.25) is 0 Å². The van der Waals surface area contributed by atoms with Crippen LogP contribution in [0.5, 0.6) is 5.75 Å². The lowest BCUT2D eigenvalue weighted by Crippen LogP contribution is -2.41. The van der Waals surface area contributed by atoms with E-state index in [9.17, 15) is 19.7 Å². The van der Waals surface area contributed by atoms with Crippen molar-refractivity contribution >= 4 is 33.4 Å². The molecule has 0 aliphatic rings. The summed E-state index contributed by atoms with van der Waals surface area (Å²) in [7, 11) is 1.29. The SMILES string of the molecule is COc1ccc(C(=O)NNC(=O)c2cc(Br)c[nH]2)cc1[N+](=O)[O-]. The number of aromatic amines is 1. The number of carbonyl (C=O) groups is 2. The number of hydrogen-bond donors (Lipinski definition) is 3. The monoisotopic (exact) mass is 382 g/mol. The largest absolute Gasteiger partial charge is 0.490 e. The molecule has 1 heterocycles. The highest BCUT2D eigenvalue weighted by atomic mass is 79.9. The van der Waals surface area contributed by atoms with Gasteiger partial charge in [-0.05, 0) is 34.1 Å². The Kier molecular flexibility index (Phi) is 4.96. The Morgan fingerprint density at radius 1 is 1.26 bits per heavy atom. The number of carbonyl (C=O) groups excluding carboxylic acids is 2. The second kappa shape index (κ2) is 6.92. The summed E-state index contributed by atoms with van der Waals surface area (Å²) in [5.41, 5.74) is 4.26. The van der Waals surface area contributed by atoms with Gasteiger partial charge in [0.25, 0.3) is 11.8 Å². The number of nitro groups is 1. The molecule has 0 unspecified atom stereocenters. The number of methoxy groups -OCH3 is 1. The molecular weight excluding hydrogens is 372 g/mol. The first-order chi connectivity index (χ1) is 10.9. The maximum Gasteiger partial charge on any atom is 0.311 e. The number of rotatable bonds is 4. The zero-order chi connectivity index (χ0) is 17.0. The molecule has 120 valence electrons. The summed E-state index contributed by atoms with van der Waals surface area (Å²) >= 11 is 3.18. The van der Waals surface area contributed by atoms with E-state index in [1.165, 1.54) is 25.3 Å². The number of nitro benzene ring substituents is 1. The highest BCUT2D eigenvalue weighted by Gasteiger charge is 2.18. The molecule has 10 heteroatoms. The fourth-order valence-corrected chi connectivity index (χ4v) is 2.07. The molecule has 23 heavy (non-hydrogen) atoms. The van der Waals surface area contributed by atoms with Gasteiger partial charge in [-0.2, -0.15) is 0 Å². The molecule has 0 spiro atoms. The molecule has 1 aromatic carbocycles. The van der Waals surface area contributed by atoms with Crippen molar-refractivity contribution in [3.05, 3.63) is 56.3 Å². The summed E-state index contributed by atoms with van der Waals surface area (Å²) in [6.45, 7) is 0. The van der Waals surface area contributed by atoms with Crippen molar-refractivity contribution in [2.75, 3.05) is 7.11 Å². The van der Waals surface area contributed by atoms with E-state index in [4.69, 9.17) is 4.74 Å². The van der Waals surface area contributed by atoms with E-state index < -0.39 is 16.7 Å². The number of benzene rings is 1. The molecule has 0 saturated heterocycles. The van der Waals surface area contributed by atoms with Crippen molar-refractivity contribution in [2.24, 2.45) is 0 Å². The number of nitrogens with one attached hydrogen (secondary N) is 3. The zero-order valence-electron chi connectivity index (χ0n) is 11.8. The Morgan fingerprint density at radius 2 is 1.96 bits per heavy atom. The molecule has 0 atom stereocenters. The number of ether oxygens (including phenoxy) is 1. The Morgan fingerprint density at radius 3 is 2.52 bits per heavy atom. The van der Waals surface area contributed by atoms with Crippen LogP contribution in [0.25, 0.3) is 0 Å². The minimum absolute atomic E-state index is 0.00506. The van der Waals surface area contributed by atoms with Crippen molar-refractivity contribution in [1.82, 2.24) is 15.8 Å². The van der Waals surface area contributed by atoms with E-state index in [1.807, 2.05) is 0 Å². The first kappa shape index (κ1) is 16.5. The van der Waals surface area contributed by atoms with Gasteiger partial charge < -0.3 is 9.72 Å². The second-order valence-electron chi connectivity index (χ2n) is 4.28. The van der Waals surface area contributed by atoms with Gasteiger partial charge in [0.05, 0.1) is 12.0 Å². The summed E-state index contributed by atoms with van der Waals surface area (Å²) in [4.78, 5) is 36.7. The molecule has 3 N–H and O–H groups in total. The third kappa shape index (κ3) is 3.86. The number of hydrogen-bond acceptors (Lipinski definition) is 5. The maximum atomic E-state index is 12.0. The number of aromatic nitrogens is 1. The lowest BCUT2D eigenvalue weighted by Gasteiger charge is -2.07. The molecular formula is C13H11BrN4O5. The molecule has 0 fully saturated rings. The summed E-state index contributed by atoms with van der Waals surface area (Å²) < 4.78 is 5.53. The first-order valence-electron chi connectivity index (χ1n) is 6.19. The van der Waals surface area contributed by atoms with Crippen molar-refractivity contribution in [1.29, 1.82) is 0 Å². The van der Waals surface area contributed by atoms with Crippen LogP contribution in [0, 0.1) is 10.1 Å². The van der Waals surface area contributed by atoms with Gasteiger partial charge in [0.15, 0.2) is 5.75 Å². The van der Waals surface area contributed by atoms with Crippen LogP contribution in [0.1, 0.15) is 20.8 Å². The van der Waals surface area contributed by atoms with Gasteiger partial charge in [-0.3, -0.25) is 30.6 Å². The Labute approximate surface area is 138 Å². The molecule has 9 nitrogen and oxygen atoms in total. The molecule has 2 aromatic rings. The van der Waals surface area contributed by atoms with Crippen LogP contribution in [0.4, 0.5) is 5.69 Å². The summed E-state index contributed by atoms with van der Waals surface area (Å²) in [6, 6.07) is 5.24. The number of nitrogens with zero attached hydrogens (tertiary/aromatic N) is 1. The molecule has 0 radical (unpaired) electrons. The number of H-pyrrole nitrogens is 1. The van der Waals surface area contributed by atoms with Crippen molar-refractivity contribution in [3.8, 4) is 5.75 Å².